The largest absolute Gasteiger partial charge is 0.478 e. The number of benzene rings is 2. The maximum Gasteiger partial charge on any atom is 0.335 e. The van der Waals surface area contributed by atoms with Gasteiger partial charge in [0, 0.05) is 29.7 Å². The third kappa shape index (κ3) is 3.46. The summed E-state index contributed by atoms with van der Waals surface area (Å²) >= 11 is 0. The van der Waals surface area contributed by atoms with Crippen molar-refractivity contribution in [3.8, 4) is 0 Å². The summed E-state index contributed by atoms with van der Waals surface area (Å²) in [5, 5.41) is 10.6. The number of hydrogen-bond acceptors (Lipinski definition) is 2. The van der Waals surface area contributed by atoms with Crippen LogP contribution in [-0.4, -0.2) is 27.5 Å². The van der Waals surface area contributed by atoms with Crippen LogP contribution in [0.2, 0.25) is 0 Å². The normalized spacial score (nSPS) is 20.2. The van der Waals surface area contributed by atoms with E-state index in [-0.39, 0.29) is 0 Å². The first-order valence-corrected chi connectivity index (χ1v) is 10.8. The maximum atomic E-state index is 11.2. The summed E-state index contributed by atoms with van der Waals surface area (Å²) in [6.07, 6.45) is 8.27. The number of rotatable bonds is 5. The standard InChI is InChI=1S/C25H28N2O2/c1-16-14-21(17-5-6-17)22(20-11-12-26-24(16)20)15-27-13-3-2-4-23(27)18-7-9-19(10-8-18)25(28)29/h7-12,14,17,23,26H,2-6,13,15H2,1H3,(H,28,29). The molecular formula is C25H28N2O2. The monoisotopic (exact) mass is 388 g/mol. The molecule has 2 heterocycles. The number of aryl methyl sites for hydroxylation is 1. The van der Waals surface area contributed by atoms with E-state index < -0.39 is 5.97 Å². The molecule has 0 bridgehead atoms. The van der Waals surface area contributed by atoms with Gasteiger partial charge in [-0.15, -0.1) is 0 Å². The highest BCUT2D eigenvalue weighted by Gasteiger charge is 2.30. The van der Waals surface area contributed by atoms with E-state index in [0.29, 0.717) is 11.6 Å². The summed E-state index contributed by atoms with van der Waals surface area (Å²) in [5.74, 6) is -0.137. The van der Waals surface area contributed by atoms with Gasteiger partial charge in [0.2, 0.25) is 0 Å². The Bertz CT molecular complexity index is 1050. The van der Waals surface area contributed by atoms with Gasteiger partial charge in [-0.25, -0.2) is 4.79 Å². The minimum Gasteiger partial charge on any atom is -0.478 e. The smallest absolute Gasteiger partial charge is 0.335 e. The second-order valence-corrected chi connectivity index (χ2v) is 8.71. The number of likely N-dealkylation sites (tertiary alicyclic amines) is 1. The van der Waals surface area contributed by atoms with Crippen LogP contribution in [0.4, 0.5) is 0 Å². The number of hydrogen-bond donors (Lipinski definition) is 2. The van der Waals surface area contributed by atoms with E-state index in [1.165, 1.54) is 53.3 Å². The van der Waals surface area contributed by atoms with E-state index in [2.05, 4.69) is 35.1 Å². The number of aromatic amines is 1. The number of nitrogens with zero attached hydrogens (tertiary/aromatic N) is 1. The molecule has 150 valence electrons. The molecule has 1 atom stereocenters. The SMILES string of the molecule is Cc1cc(C2CC2)c(CN2CCCCC2c2ccc(C(=O)O)cc2)c2cc[nH]c12. The number of H-pyrrole nitrogens is 1. The van der Waals surface area contributed by atoms with E-state index in [9.17, 15) is 9.90 Å². The van der Waals surface area contributed by atoms with Crippen LogP contribution in [0.15, 0.2) is 42.6 Å². The van der Waals surface area contributed by atoms with Gasteiger partial charge >= 0.3 is 5.97 Å². The first kappa shape index (κ1) is 18.4. The van der Waals surface area contributed by atoms with Crippen molar-refractivity contribution in [2.24, 2.45) is 0 Å². The Labute approximate surface area is 171 Å². The van der Waals surface area contributed by atoms with E-state index in [0.717, 1.165) is 25.4 Å². The molecule has 4 nitrogen and oxygen atoms in total. The molecule has 29 heavy (non-hydrogen) atoms. The zero-order valence-corrected chi connectivity index (χ0v) is 16.9. The van der Waals surface area contributed by atoms with Gasteiger partial charge in [0.1, 0.15) is 0 Å². The van der Waals surface area contributed by atoms with Crippen molar-refractivity contribution < 1.29 is 9.90 Å². The van der Waals surface area contributed by atoms with Crippen LogP contribution in [0.1, 0.15) is 76.7 Å². The lowest BCUT2D eigenvalue weighted by molar-refractivity contribution is 0.0696. The fraction of sp³-hybridized carbons (Fsp3) is 0.400. The van der Waals surface area contributed by atoms with Crippen LogP contribution in [0, 0.1) is 6.92 Å². The van der Waals surface area contributed by atoms with Gasteiger partial charge < -0.3 is 10.1 Å². The predicted octanol–water partition coefficient (Wildman–Crippen LogP) is 5.78. The first-order chi connectivity index (χ1) is 14.1. The number of carbonyl (C=O) groups is 1. The maximum absolute atomic E-state index is 11.2. The molecule has 1 aromatic heterocycles. The van der Waals surface area contributed by atoms with Crippen LogP contribution in [0.25, 0.3) is 10.9 Å². The van der Waals surface area contributed by atoms with Crippen LogP contribution in [0.3, 0.4) is 0 Å². The van der Waals surface area contributed by atoms with Crippen molar-refractivity contribution >= 4 is 16.9 Å². The zero-order chi connectivity index (χ0) is 20.0. The van der Waals surface area contributed by atoms with Crippen molar-refractivity contribution in [3.05, 3.63) is 70.4 Å². The molecule has 0 spiro atoms. The van der Waals surface area contributed by atoms with Gasteiger partial charge in [-0.05, 0) is 85.5 Å². The Balaban J connectivity index is 1.50. The van der Waals surface area contributed by atoms with Gasteiger partial charge in [0.25, 0.3) is 0 Å². The quantitative estimate of drug-likeness (QED) is 0.582. The van der Waals surface area contributed by atoms with Crippen molar-refractivity contribution in [3.63, 3.8) is 0 Å². The number of nitrogens with one attached hydrogen (secondary N) is 1. The molecule has 1 aliphatic carbocycles. The van der Waals surface area contributed by atoms with Crippen molar-refractivity contribution in [1.82, 2.24) is 9.88 Å². The Hall–Kier alpha value is -2.59. The average molecular weight is 389 g/mol. The van der Waals surface area contributed by atoms with Crippen molar-refractivity contribution in [1.29, 1.82) is 0 Å². The van der Waals surface area contributed by atoms with Gasteiger partial charge in [-0.1, -0.05) is 24.6 Å². The molecule has 5 rings (SSSR count). The number of aromatic nitrogens is 1. The molecule has 1 unspecified atom stereocenters. The van der Waals surface area contributed by atoms with E-state index in [1.54, 1.807) is 17.7 Å². The van der Waals surface area contributed by atoms with Crippen molar-refractivity contribution in [2.45, 2.75) is 57.5 Å². The molecule has 1 aliphatic heterocycles. The topological polar surface area (TPSA) is 56.3 Å². The number of carboxylic acids is 1. The predicted molar refractivity (Wildman–Crippen MR) is 115 cm³/mol. The van der Waals surface area contributed by atoms with Gasteiger partial charge in [-0.2, -0.15) is 0 Å². The summed E-state index contributed by atoms with van der Waals surface area (Å²) in [6, 6.07) is 12.5. The molecule has 2 aliphatic rings. The second kappa shape index (κ2) is 7.34. The lowest BCUT2D eigenvalue weighted by atomic mass is 9.91. The molecule has 1 saturated carbocycles. The summed E-state index contributed by atoms with van der Waals surface area (Å²) in [5.41, 5.74) is 7.24. The Kier molecular flexibility index (Phi) is 4.67. The summed E-state index contributed by atoms with van der Waals surface area (Å²) in [6.45, 7) is 4.27. The van der Waals surface area contributed by atoms with E-state index >= 15 is 0 Å². The first-order valence-electron chi connectivity index (χ1n) is 10.8. The molecular weight excluding hydrogens is 360 g/mol. The summed E-state index contributed by atoms with van der Waals surface area (Å²) in [4.78, 5) is 17.3. The number of fused-ring (bicyclic) bond motifs is 1. The third-order valence-corrected chi connectivity index (χ3v) is 6.72. The highest BCUT2D eigenvalue weighted by molar-refractivity contribution is 5.88. The van der Waals surface area contributed by atoms with Crippen LogP contribution in [0.5, 0.6) is 0 Å². The van der Waals surface area contributed by atoms with Gasteiger partial charge in [-0.3, -0.25) is 4.90 Å². The second-order valence-electron chi connectivity index (χ2n) is 8.71. The van der Waals surface area contributed by atoms with Gasteiger partial charge in [0.05, 0.1) is 5.56 Å². The molecule has 4 heteroatoms. The van der Waals surface area contributed by atoms with Crippen molar-refractivity contribution in [2.75, 3.05) is 6.54 Å². The Morgan fingerprint density at radius 1 is 1.14 bits per heavy atom. The van der Waals surface area contributed by atoms with Crippen LogP contribution >= 0.6 is 0 Å². The third-order valence-electron chi connectivity index (χ3n) is 6.72. The Morgan fingerprint density at radius 2 is 1.93 bits per heavy atom. The molecule has 3 aromatic rings. The van der Waals surface area contributed by atoms with E-state index in [4.69, 9.17) is 0 Å². The fourth-order valence-corrected chi connectivity index (χ4v) is 5.04. The van der Waals surface area contributed by atoms with Crippen LogP contribution in [-0.2, 0) is 6.54 Å². The Morgan fingerprint density at radius 3 is 2.66 bits per heavy atom. The molecule has 2 N–H and O–H groups in total. The molecule has 1 saturated heterocycles. The van der Waals surface area contributed by atoms with E-state index in [1.807, 2.05) is 12.1 Å². The molecule has 0 radical (unpaired) electrons. The fourth-order valence-electron chi connectivity index (χ4n) is 5.04. The molecule has 2 fully saturated rings. The number of piperidine rings is 1. The minimum atomic E-state index is -0.861. The molecule has 0 amide bonds. The van der Waals surface area contributed by atoms with Crippen LogP contribution < -0.4 is 0 Å². The molecule has 2 aromatic carbocycles. The summed E-state index contributed by atoms with van der Waals surface area (Å²) < 4.78 is 0. The minimum absolute atomic E-state index is 0.356. The number of carboxylic acid groups (broad SMARTS) is 1. The average Bonchev–Trinajstić information content (AvgIpc) is 3.46. The highest BCUT2D eigenvalue weighted by atomic mass is 16.4. The lowest BCUT2D eigenvalue weighted by Crippen LogP contribution is -2.33. The zero-order valence-electron chi connectivity index (χ0n) is 16.9. The number of aromatic carboxylic acids is 1. The van der Waals surface area contributed by atoms with Gasteiger partial charge in [0.15, 0.2) is 0 Å². The summed E-state index contributed by atoms with van der Waals surface area (Å²) in [7, 11) is 0. The lowest BCUT2D eigenvalue weighted by Gasteiger charge is -2.37. The highest BCUT2D eigenvalue weighted by Crippen LogP contribution is 2.45.